The van der Waals surface area contributed by atoms with E-state index in [1.807, 2.05) is 0 Å². The monoisotopic (exact) mass is 279 g/mol. The molecule has 4 nitrogen and oxygen atoms in total. The van der Waals surface area contributed by atoms with Crippen molar-refractivity contribution in [1.82, 2.24) is 16.0 Å². The average Bonchev–Trinajstić information content (AvgIpc) is 2.64. The van der Waals surface area contributed by atoms with Crippen molar-refractivity contribution in [2.75, 3.05) is 20.1 Å². The Morgan fingerprint density at radius 2 is 2.25 bits per heavy atom. The van der Waals surface area contributed by atoms with Crippen LogP contribution in [-0.4, -0.2) is 32.1 Å². The summed E-state index contributed by atoms with van der Waals surface area (Å²) in [7, 11) is 1.65. The summed E-state index contributed by atoms with van der Waals surface area (Å²) in [6.07, 6.45) is 5.58. The van der Waals surface area contributed by atoms with Gasteiger partial charge in [-0.1, -0.05) is 25.2 Å². The second-order valence-corrected chi connectivity index (χ2v) is 6.21. The van der Waals surface area contributed by atoms with Crippen LogP contribution in [0.15, 0.2) is 23.9 Å². The largest absolute Gasteiger partial charge is 0.384 e. The zero-order chi connectivity index (χ0) is 15.2. The number of nitrogens with one attached hydrogen (secondary N) is 3. The first-order chi connectivity index (χ1) is 9.37. The molecule has 1 aliphatic heterocycles. The van der Waals surface area contributed by atoms with Crippen molar-refractivity contribution in [1.29, 1.82) is 0 Å². The van der Waals surface area contributed by atoms with Crippen LogP contribution in [0.1, 0.15) is 40.0 Å². The van der Waals surface area contributed by atoms with Gasteiger partial charge in [-0.05, 0) is 33.1 Å². The van der Waals surface area contributed by atoms with Crippen LogP contribution >= 0.6 is 0 Å². The standard InChI is InChI=1S/C16H29N3O/c1-12(2)7-6-8-16(4)9-14(19-13(16)3)10-18-11-15(20)17-5/h7,14,18-19H,3,6,8-11H2,1-2,4-5H3,(H,17,20). The number of likely N-dealkylation sites (N-methyl/N-ethyl adjacent to an activating group) is 1. The van der Waals surface area contributed by atoms with Crippen LogP contribution in [0.2, 0.25) is 0 Å². The number of allylic oxidation sites excluding steroid dienone is 3. The molecule has 0 aromatic rings. The second-order valence-electron chi connectivity index (χ2n) is 6.21. The maximum Gasteiger partial charge on any atom is 0.233 e. The lowest BCUT2D eigenvalue weighted by Gasteiger charge is -2.23. The van der Waals surface area contributed by atoms with Gasteiger partial charge < -0.3 is 16.0 Å². The van der Waals surface area contributed by atoms with Crippen LogP contribution in [-0.2, 0) is 4.79 Å². The fraction of sp³-hybridized carbons (Fsp3) is 0.688. The maximum atomic E-state index is 11.2. The lowest BCUT2D eigenvalue weighted by molar-refractivity contribution is -0.119. The molecule has 1 heterocycles. The molecule has 0 aromatic heterocycles. The van der Waals surface area contributed by atoms with Crippen molar-refractivity contribution < 1.29 is 4.79 Å². The first kappa shape index (κ1) is 16.8. The van der Waals surface area contributed by atoms with E-state index in [2.05, 4.69) is 49.4 Å². The number of carbonyl (C=O) groups is 1. The molecule has 4 heteroatoms. The third-order valence-corrected chi connectivity index (χ3v) is 4.01. The van der Waals surface area contributed by atoms with E-state index < -0.39 is 0 Å². The highest BCUT2D eigenvalue weighted by Crippen LogP contribution is 2.40. The smallest absolute Gasteiger partial charge is 0.233 e. The summed E-state index contributed by atoms with van der Waals surface area (Å²) in [5.41, 5.74) is 2.66. The minimum Gasteiger partial charge on any atom is -0.384 e. The van der Waals surface area contributed by atoms with Crippen molar-refractivity contribution in [2.45, 2.75) is 46.1 Å². The van der Waals surface area contributed by atoms with Crippen LogP contribution in [0.25, 0.3) is 0 Å². The third kappa shape index (κ3) is 5.00. The molecule has 0 radical (unpaired) electrons. The minimum absolute atomic E-state index is 0.0214. The lowest BCUT2D eigenvalue weighted by atomic mass is 9.81. The Balaban J connectivity index is 2.39. The highest BCUT2D eigenvalue weighted by atomic mass is 16.1. The molecule has 1 fully saturated rings. The minimum atomic E-state index is 0.0214. The quantitative estimate of drug-likeness (QED) is 0.624. The van der Waals surface area contributed by atoms with E-state index in [1.54, 1.807) is 7.05 Å². The van der Waals surface area contributed by atoms with Crippen molar-refractivity contribution in [3.8, 4) is 0 Å². The Hall–Kier alpha value is -1.29. The molecule has 0 spiro atoms. The van der Waals surface area contributed by atoms with E-state index in [4.69, 9.17) is 0 Å². The van der Waals surface area contributed by atoms with E-state index in [9.17, 15) is 4.79 Å². The number of hydrogen-bond acceptors (Lipinski definition) is 3. The van der Waals surface area contributed by atoms with Crippen LogP contribution in [0.3, 0.4) is 0 Å². The van der Waals surface area contributed by atoms with E-state index in [0.717, 1.165) is 31.5 Å². The average molecular weight is 279 g/mol. The summed E-state index contributed by atoms with van der Waals surface area (Å²) >= 11 is 0. The zero-order valence-electron chi connectivity index (χ0n) is 13.3. The fourth-order valence-electron chi connectivity index (χ4n) is 2.64. The fourth-order valence-corrected chi connectivity index (χ4v) is 2.64. The molecule has 0 aliphatic carbocycles. The molecule has 3 N–H and O–H groups in total. The Kier molecular flexibility index (Phi) is 6.27. The number of hydrogen-bond donors (Lipinski definition) is 3. The molecule has 0 bridgehead atoms. The van der Waals surface area contributed by atoms with Gasteiger partial charge in [0.25, 0.3) is 0 Å². The molecule has 1 saturated heterocycles. The molecule has 1 amide bonds. The van der Waals surface area contributed by atoms with Gasteiger partial charge in [0.15, 0.2) is 0 Å². The molecular formula is C16H29N3O. The summed E-state index contributed by atoms with van der Waals surface area (Å²) in [6.45, 7) is 11.9. The number of rotatable bonds is 7. The molecule has 114 valence electrons. The molecule has 0 aromatic carbocycles. The first-order valence-corrected chi connectivity index (χ1v) is 7.38. The summed E-state index contributed by atoms with van der Waals surface area (Å²) in [6, 6.07) is 0.365. The predicted octanol–water partition coefficient (Wildman–Crippen LogP) is 1.95. The first-order valence-electron chi connectivity index (χ1n) is 7.38. The summed E-state index contributed by atoms with van der Waals surface area (Å²) in [5, 5.41) is 9.26. The van der Waals surface area contributed by atoms with Crippen LogP contribution in [0, 0.1) is 5.41 Å². The van der Waals surface area contributed by atoms with Crippen LogP contribution in [0.4, 0.5) is 0 Å². The second kappa shape index (κ2) is 7.48. The molecule has 2 atom stereocenters. The zero-order valence-corrected chi connectivity index (χ0v) is 13.3. The number of amides is 1. The maximum absolute atomic E-state index is 11.2. The van der Waals surface area contributed by atoms with Gasteiger partial charge in [-0.25, -0.2) is 0 Å². The van der Waals surface area contributed by atoms with Gasteiger partial charge in [0.1, 0.15) is 0 Å². The summed E-state index contributed by atoms with van der Waals surface area (Å²) in [4.78, 5) is 11.2. The Labute approximate surface area is 123 Å². The van der Waals surface area contributed by atoms with Crippen molar-refractivity contribution in [3.63, 3.8) is 0 Å². The molecule has 1 rings (SSSR count). The van der Waals surface area contributed by atoms with Gasteiger partial charge in [-0.3, -0.25) is 4.79 Å². The van der Waals surface area contributed by atoms with Gasteiger partial charge in [-0.15, -0.1) is 0 Å². The van der Waals surface area contributed by atoms with Gasteiger partial charge in [0, 0.05) is 30.7 Å². The van der Waals surface area contributed by atoms with Crippen LogP contribution < -0.4 is 16.0 Å². The molecule has 1 aliphatic rings. The van der Waals surface area contributed by atoms with E-state index in [1.165, 1.54) is 5.57 Å². The molecule has 2 unspecified atom stereocenters. The Morgan fingerprint density at radius 1 is 1.55 bits per heavy atom. The van der Waals surface area contributed by atoms with Gasteiger partial charge in [0.05, 0.1) is 6.54 Å². The van der Waals surface area contributed by atoms with Crippen molar-refractivity contribution >= 4 is 5.91 Å². The number of carbonyl (C=O) groups excluding carboxylic acids is 1. The normalized spacial score (nSPS) is 25.2. The lowest BCUT2D eigenvalue weighted by Crippen LogP contribution is -2.38. The van der Waals surface area contributed by atoms with Gasteiger partial charge in [0.2, 0.25) is 5.91 Å². The highest BCUT2D eigenvalue weighted by molar-refractivity contribution is 5.77. The topological polar surface area (TPSA) is 53.2 Å². The van der Waals surface area contributed by atoms with Crippen LogP contribution in [0.5, 0.6) is 0 Å². The molecule has 0 saturated carbocycles. The Morgan fingerprint density at radius 3 is 2.85 bits per heavy atom. The summed E-state index contributed by atoms with van der Waals surface area (Å²) < 4.78 is 0. The third-order valence-electron chi connectivity index (χ3n) is 4.01. The molecular weight excluding hydrogens is 250 g/mol. The summed E-state index contributed by atoms with van der Waals surface area (Å²) in [5.74, 6) is 0.0214. The molecule has 20 heavy (non-hydrogen) atoms. The van der Waals surface area contributed by atoms with E-state index in [-0.39, 0.29) is 11.3 Å². The predicted molar refractivity (Wildman–Crippen MR) is 84.4 cm³/mol. The Bertz CT molecular complexity index is 385. The van der Waals surface area contributed by atoms with E-state index in [0.29, 0.717) is 12.6 Å². The SMILES string of the molecule is C=C1NC(CNCC(=O)NC)CC1(C)CCC=C(C)C. The van der Waals surface area contributed by atoms with Crippen molar-refractivity contribution in [2.24, 2.45) is 5.41 Å². The van der Waals surface area contributed by atoms with E-state index >= 15 is 0 Å². The van der Waals surface area contributed by atoms with Gasteiger partial charge in [-0.2, -0.15) is 0 Å². The van der Waals surface area contributed by atoms with Crippen molar-refractivity contribution in [3.05, 3.63) is 23.9 Å². The van der Waals surface area contributed by atoms with Gasteiger partial charge >= 0.3 is 0 Å². The highest BCUT2D eigenvalue weighted by Gasteiger charge is 2.37.